The van der Waals surface area contributed by atoms with E-state index < -0.39 is 40.2 Å². The van der Waals surface area contributed by atoms with Gasteiger partial charge >= 0.3 is 0 Å². The van der Waals surface area contributed by atoms with Crippen molar-refractivity contribution in [3.8, 4) is 0 Å². The molecule has 1 N–H and O–H groups in total. The van der Waals surface area contributed by atoms with Gasteiger partial charge < -0.3 is 10.2 Å². The van der Waals surface area contributed by atoms with Crippen LogP contribution in [0.2, 0.25) is 0 Å². The van der Waals surface area contributed by atoms with Crippen LogP contribution in [0.15, 0.2) is 42.5 Å². The minimum absolute atomic E-state index is 0.108. The number of carbonyl (C=O) groups is 2. The van der Waals surface area contributed by atoms with Crippen LogP contribution in [0.25, 0.3) is 0 Å². The molecule has 2 rings (SSSR count). The first-order chi connectivity index (χ1) is 15.8. The maximum atomic E-state index is 14.4. The van der Waals surface area contributed by atoms with Gasteiger partial charge in [0, 0.05) is 18.2 Å². The molecule has 186 valence electrons. The van der Waals surface area contributed by atoms with Crippen molar-refractivity contribution in [2.75, 3.05) is 17.1 Å². The molecule has 0 aliphatic heterocycles. The number of nitrogens with one attached hydrogen (secondary N) is 1. The molecule has 2 amide bonds. The van der Waals surface area contributed by atoms with E-state index in [0.717, 1.165) is 21.7 Å². The predicted molar refractivity (Wildman–Crippen MR) is 132 cm³/mol. The highest BCUT2D eigenvalue weighted by molar-refractivity contribution is 7.92. The summed E-state index contributed by atoms with van der Waals surface area (Å²) < 4.78 is 40.6. The van der Waals surface area contributed by atoms with E-state index in [9.17, 15) is 22.4 Å². The van der Waals surface area contributed by atoms with Crippen molar-refractivity contribution in [2.45, 2.75) is 59.7 Å². The second-order valence-electron chi connectivity index (χ2n) is 8.65. The Morgan fingerprint density at radius 3 is 2.26 bits per heavy atom. The molecule has 34 heavy (non-hydrogen) atoms. The summed E-state index contributed by atoms with van der Waals surface area (Å²) in [7, 11) is -3.81. The van der Waals surface area contributed by atoms with E-state index in [1.807, 2.05) is 27.7 Å². The van der Waals surface area contributed by atoms with E-state index in [4.69, 9.17) is 0 Å². The molecule has 0 fully saturated rings. The van der Waals surface area contributed by atoms with E-state index in [2.05, 4.69) is 5.32 Å². The fraction of sp³-hybridized carbons (Fsp3) is 0.440. The number of nitrogens with zero attached hydrogens (tertiary/aromatic N) is 2. The Hall–Kier alpha value is -2.94. The lowest BCUT2D eigenvalue weighted by Gasteiger charge is -2.32. The first-order valence-electron chi connectivity index (χ1n) is 11.2. The molecule has 0 unspecified atom stereocenters. The normalized spacial score (nSPS) is 13.1. The van der Waals surface area contributed by atoms with Crippen LogP contribution in [0.4, 0.5) is 10.1 Å². The highest BCUT2D eigenvalue weighted by Gasteiger charge is 2.31. The number of aryl methyl sites for hydroxylation is 2. The molecular weight excluding hydrogens is 457 g/mol. The molecule has 0 aromatic heterocycles. The number of carbonyl (C=O) groups excluding carboxylic acids is 2. The monoisotopic (exact) mass is 491 g/mol. The number of benzene rings is 2. The molecule has 0 aliphatic carbocycles. The van der Waals surface area contributed by atoms with Gasteiger partial charge in [-0.3, -0.25) is 13.9 Å². The fourth-order valence-electron chi connectivity index (χ4n) is 3.35. The maximum absolute atomic E-state index is 14.4. The zero-order chi connectivity index (χ0) is 25.6. The molecule has 0 heterocycles. The average Bonchev–Trinajstić information content (AvgIpc) is 2.77. The summed E-state index contributed by atoms with van der Waals surface area (Å²) in [5.41, 5.74) is 2.45. The average molecular weight is 492 g/mol. The van der Waals surface area contributed by atoms with Crippen LogP contribution in [-0.4, -0.2) is 50.0 Å². The second kappa shape index (κ2) is 11.5. The Morgan fingerprint density at radius 1 is 1.06 bits per heavy atom. The highest BCUT2D eigenvalue weighted by Crippen LogP contribution is 2.22. The second-order valence-corrected chi connectivity index (χ2v) is 10.6. The van der Waals surface area contributed by atoms with Gasteiger partial charge in [-0.1, -0.05) is 31.2 Å². The van der Waals surface area contributed by atoms with Crippen LogP contribution >= 0.6 is 0 Å². The highest BCUT2D eigenvalue weighted by atomic mass is 32.2. The van der Waals surface area contributed by atoms with E-state index in [-0.39, 0.29) is 18.2 Å². The number of sulfonamides is 1. The van der Waals surface area contributed by atoms with Gasteiger partial charge in [0.2, 0.25) is 21.8 Å². The van der Waals surface area contributed by atoms with Crippen molar-refractivity contribution in [3.63, 3.8) is 0 Å². The van der Waals surface area contributed by atoms with Crippen LogP contribution in [-0.2, 0) is 26.2 Å². The van der Waals surface area contributed by atoms with Gasteiger partial charge in [-0.25, -0.2) is 12.8 Å². The Kier molecular flexibility index (Phi) is 9.21. The maximum Gasteiger partial charge on any atom is 0.244 e. The molecule has 0 radical (unpaired) electrons. The SMILES string of the molecule is CC[C@@H](C)NC(=O)[C@H](C)N(Cc1ccccc1F)C(=O)CN(c1ccc(C)c(C)c1)S(C)(=O)=O. The van der Waals surface area contributed by atoms with Gasteiger partial charge in [-0.2, -0.15) is 0 Å². The summed E-state index contributed by atoms with van der Waals surface area (Å²) in [4.78, 5) is 27.5. The third kappa shape index (κ3) is 7.03. The summed E-state index contributed by atoms with van der Waals surface area (Å²) in [5.74, 6) is -1.52. The lowest BCUT2D eigenvalue weighted by atomic mass is 10.1. The minimum atomic E-state index is -3.81. The van der Waals surface area contributed by atoms with Crippen LogP contribution < -0.4 is 9.62 Å². The summed E-state index contributed by atoms with van der Waals surface area (Å²) in [6.45, 7) is 8.39. The summed E-state index contributed by atoms with van der Waals surface area (Å²) in [6.07, 6.45) is 1.73. The summed E-state index contributed by atoms with van der Waals surface area (Å²) >= 11 is 0. The summed E-state index contributed by atoms with van der Waals surface area (Å²) in [5, 5.41) is 2.84. The van der Waals surface area contributed by atoms with Gasteiger partial charge in [-0.15, -0.1) is 0 Å². The lowest BCUT2D eigenvalue weighted by Crippen LogP contribution is -2.52. The molecule has 7 nitrogen and oxygen atoms in total. The molecule has 2 aromatic rings. The van der Waals surface area contributed by atoms with Gasteiger partial charge in [0.05, 0.1) is 11.9 Å². The Balaban J connectivity index is 2.42. The smallest absolute Gasteiger partial charge is 0.244 e. The molecule has 0 spiro atoms. The van der Waals surface area contributed by atoms with Crippen molar-refractivity contribution in [2.24, 2.45) is 0 Å². The Bertz CT molecular complexity index is 1140. The predicted octanol–water partition coefficient (Wildman–Crippen LogP) is 3.54. The van der Waals surface area contributed by atoms with E-state index >= 15 is 0 Å². The van der Waals surface area contributed by atoms with Crippen molar-refractivity contribution in [1.82, 2.24) is 10.2 Å². The number of rotatable bonds is 10. The third-order valence-corrected chi connectivity index (χ3v) is 7.07. The standard InChI is InChI=1S/C25H34FN3O4S/c1-7-19(4)27-25(31)20(5)28(15-21-10-8-9-11-23(21)26)24(30)16-29(34(6,32)33)22-13-12-17(2)18(3)14-22/h8-14,19-20H,7,15-16H2,1-6H3,(H,27,31)/t19-,20+/m1/s1. The van der Waals surface area contributed by atoms with Gasteiger partial charge in [0.1, 0.15) is 18.4 Å². The number of anilines is 1. The van der Waals surface area contributed by atoms with E-state index in [0.29, 0.717) is 12.1 Å². The summed E-state index contributed by atoms with van der Waals surface area (Å²) in [6, 6.07) is 10.1. The van der Waals surface area contributed by atoms with E-state index in [1.165, 1.54) is 23.1 Å². The van der Waals surface area contributed by atoms with Crippen LogP contribution in [0, 0.1) is 19.7 Å². The first kappa shape index (κ1) is 27.3. The van der Waals surface area contributed by atoms with E-state index in [1.54, 1.807) is 31.2 Å². The molecule has 2 atom stereocenters. The quantitative estimate of drug-likeness (QED) is 0.551. The van der Waals surface area contributed by atoms with Gasteiger partial charge in [0.25, 0.3) is 0 Å². The molecule has 0 aliphatic rings. The first-order valence-corrected chi connectivity index (χ1v) is 13.1. The molecule has 9 heteroatoms. The number of hydrogen-bond donors (Lipinski definition) is 1. The zero-order valence-corrected chi connectivity index (χ0v) is 21.4. The lowest BCUT2D eigenvalue weighted by molar-refractivity contribution is -0.139. The van der Waals surface area contributed by atoms with Crippen LogP contribution in [0.5, 0.6) is 0 Å². The topological polar surface area (TPSA) is 86.8 Å². The molecular formula is C25H34FN3O4S. The van der Waals surface area contributed by atoms with Gasteiger partial charge in [0.15, 0.2) is 0 Å². The minimum Gasteiger partial charge on any atom is -0.352 e. The Morgan fingerprint density at radius 2 is 1.71 bits per heavy atom. The number of hydrogen-bond acceptors (Lipinski definition) is 4. The fourth-order valence-corrected chi connectivity index (χ4v) is 4.19. The van der Waals surface area contributed by atoms with Crippen LogP contribution in [0.1, 0.15) is 43.9 Å². The third-order valence-electron chi connectivity index (χ3n) is 5.92. The largest absolute Gasteiger partial charge is 0.352 e. The van der Waals surface area contributed by atoms with Crippen molar-refractivity contribution in [3.05, 3.63) is 65.0 Å². The molecule has 0 saturated carbocycles. The molecule has 0 bridgehead atoms. The molecule has 2 aromatic carbocycles. The van der Waals surface area contributed by atoms with Crippen molar-refractivity contribution >= 4 is 27.5 Å². The van der Waals surface area contributed by atoms with Crippen molar-refractivity contribution < 1.29 is 22.4 Å². The Labute approximate surface area is 202 Å². The van der Waals surface area contributed by atoms with Crippen LogP contribution in [0.3, 0.4) is 0 Å². The number of halogens is 1. The molecule has 0 saturated heterocycles. The zero-order valence-electron chi connectivity index (χ0n) is 20.6. The number of amides is 2. The van der Waals surface area contributed by atoms with Crippen molar-refractivity contribution in [1.29, 1.82) is 0 Å². The van der Waals surface area contributed by atoms with Gasteiger partial charge in [-0.05, 0) is 63.4 Å².